The van der Waals surface area contributed by atoms with Crippen LogP contribution in [0.3, 0.4) is 0 Å². The molecule has 0 aliphatic carbocycles. The van der Waals surface area contributed by atoms with Gasteiger partial charge in [0.1, 0.15) is 0 Å². The third-order valence-corrected chi connectivity index (χ3v) is 3.05. The second-order valence-corrected chi connectivity index (χ2v) is 5.30. The lowest BCUT2D eigenvalue weighted by Gasteiger charge is -2.16. The molecule has 0 amide bonds. The minimum atomic E-state index is -0.569. The summed E-state index contributed by atoms with van der Waals surface area (Å²) in [5, 5.41) is 3.38. The summed E-state index contributed by atoms with van der Waals surface area (Å²) in [6, 6.07) is 8.03. The van der Waals surface area contributed by atoms with Crippen LogP contribution < -0.4 is 14.8 Å². The number of anilines is 1. The van der Waals surface area contributed by atoms with Crippen molar-refractivity contribution in [1.29, 1.82) is 0 Å². The Morgan fingerprint density at radius 3 is 2.68 bits per heavy atom. The summed E-state index contributed by atoms with van der Waals surface area (Å²) in [6.45, 7) is 4.61. The summed E-state index contributed by atoms with van der Waals surface area (Å²) in [4.78, 5) is 0. The van der Waals surface area contributed by atoms with Gasteiger partial charge in [0.2, 0.25) is 5.79 Å². The zero-order chi connectivity index (χ0) is 13.5. The number of rotatable bonds is 3. The van der Waals surface area contributed by atoms with E-state index in [0.29, 0.717) is 0 Å². The molecule has 2 heterocycles. The number of ether oxygens (including phenoxy) is 2. The molecule has 0 spiro atoms. The highest BCUT2D eigenvalue weighted by atomic mass is 16.7. The first-order chi connectivity index (χ1) is 9.02. The molecule has 1 aromatic heterocycles. The molecule has 0 atom stereocenters. The van der Waals surface area contributed by atoms with Crippen molar-refractivity contribution >= 4 is 5.69 Å². The molecule has 4 heteroatoms. The number of nitrogens with zero attached hydrogens (tertiary/aromatic N) is 1. The topological polar surface area (TPSA) is 35.4 Å². The average Bonchev–Trinajstić information content (AvgIpc) is 2.87. The van der Waals surface area contributed by atoms with Gasteiger partial charge in [-0.25, -0.2) is 0 Å². The van der Waals surface area contributed by atoms with E-state index in [2.05, 4.69) is 17.6 Å². The van der Waals surface area contributed by atoms with Gasteiger partial charge in [0.05, 0.1) is 0 Å². The van der Waals surface area contributed by atoms with E-state index in [1.807, 2.05) is 49.9 Å². The number of aromatic nitrogens is 1. The van der Waals surface area contributed by atoms with Crippen molar-refractivity contribution in [2.45, 2.75) is 26.2 Å². The van der Waals surface area contributed by atoms with Crippen LogP contribution in [-0.2, 0) is 13.6 Å². The second-order valence-electron chi connectivity index (χ2n) is 5.30. The van der Waals surface area contributed by atoms with Crippen molar-refractivity contribution in [3.05, 3.63) is 42.2 Å². The maximum atomic E-state index is 5.72. The van der Waals surface area contributed by atoms with Crippen LogP contribution >= 0.6 is 0 Å². The molecule has 0 bridgehead atoms. The highest BCUT2D eigenvalue weighted by Crippen LogP contribution is 2.40. The van der Waals surface area contributed by atoms with Gasteiger partial charge in [0.15, 0.2) is 11.5 Å². The third kappa shape index (κ3) is 2.52. The van der Waals surface area contributed by atoms with E-state index < -0.39 is 5.79 Å². The molecule has 1 aromatic carbocycles. The van der Waals surface area contributed by atoms with E-state index in [-0.39, 0.29) is 0 Å². The van der Waals surface area contributed by atoms with Gasteiger partial charge in [-0.1, -0.05) is 0 Å². The summed E-state index contributed by atoms with van der Waals surface area (Å²) in [6.07, 6.45) is 4.14. The molecular formula is C15H18N2O2. The van der Waals surface area contributed by atoms with Gasteiger partial charge in [-0.2, -0.15) is 0 Å². The van der Waals surface area contributed by atoms with Gasteiger partial charge in [-0.3, -0.25) is 0 Å². The highest BCUT2D eigenvalue weighted by Gasteiger charge is 2.31. The summed E-state index contributed by atoms with van der Waals surface area (Å²) >= 11 is 0. The first-order valence-electron chi connectivity index (χ1n) is 6.39. The van der Waals surface area contributed by atoms with Crippen LogP contribution in [0, 0.1) is 0 Å². The smallest absolute Gasteiger partial charge is 0.246 e. The van der Waals surface area contributed by atoms with E-state index in [9.17, 15) is 0 Å². The van der Waals surface area contributed by atoms with E-state index in [1.165, 1.54) is 5.56 Å². The number of nitrogens with one attached hydrogen (secondary N) is 1. The van der Waals surface area contributed by atoms with Gasteiger partial charge in [-0.15, -0.1) is 0 Å². The van der Waals surface area contributed by atoms with Crippen LogP contribution in [0.5, 0.6) is 11.5 Å². The molecule has 0 saturated carbocycles. The fraction of sp³-hybridized carbons (Fsp3) is 0.333. The lowest BCUT2D eigenvalue weighted by Crippen LogP contribution is -2.29. The molecule has 19 heavy (non-hydrogen) atoms. The number of fused-ring (bicyclic) bond motifs is 1. The largest absolute Gasteiger partial charge is 0.449 e. The Morgan fingerprint density at radius 1 is 1.16 bits per heavy atom. The Morgan fingerprint density at radius 2 is 1.95 bits per heavy atom. The molecule has 1 N–H and O–H groups in total. The van der Waals surface area contributed by atoms with E-state index in [4.69, 9.17) is 9.47 Å². The Kier molecular flexibility index (Phi) is 2.66. The second kappa shape index (κ2) is 4.23. The van der Waals surface area contributed by atoms with Crippen LogP contribution in [0.2, 0.25) is 0 Å². The number of hydrogen-bond acceptors (Lipinski definition) is 3. The Hall–Kier alpha value is -2.10. The molecule has 0 fully saturated rings. The van der Waals surface area contributed by atoms with Crippen molar-refractivity contribution in [2.24, 2.45) is 7.05 Å². The maximum absolute atomic E-state index is 5.72. The minimum absolute atomic E-state index is 0.569. The number of hydrogen-bond donors (Lipinski definition) is 1. The molecular weight excluding hydrogens is 240 g/mol. The Labute approximate surface area is 113 Å². The fourth-order valence-electron chi connectivity index (χ4n) is 2.20. The summed E-state index contributed by atoms with van der Waals surface area (Å²) in [7, 11) is 2.02. The maximum Gasteiger partial charge on any atom is 0.246 e. The summed E-state index contributed by atoms with van der Waals surface area (Å²) < 4.78 is 13.4. The van der Waals surface area contributed by atoms with Crippen LogP contribution in [0.25, 0.3) is 0 Å². The minimum Gasteiger partial charge on any atom is -0.449 e. The van der Waals surface area contributed by atoms with Gasteiger partial charge < -0.3 is 19.4 Å². The molecule has 1 aliphatic rings. The van der Waals surface area contributed by atoms with E-state index >= 15 is 0 Å². The average molecular weight is 258 g/mol. The molecule has 4 nitrogen and oxygen atoms in total. The molecule has 100 valence electrons. The normalized spacial score (nSPS) is 15.5. The number of aryl methyl sites for hydroxylation is 1. The Balaban J connectivity index is 1.70. The first-order valence-corrected chi connectivity index (χ1v) is 6.39. The van der Waals surface area contributed by atoms with Gasteiger partial charge in [-0.05, 0) is 23.8 Å². The lowest BCUT2D eigenvalue weighted by atomic mass is 10.2. The van der Waals surface area contributed by atoms with Crippen molar-refractivity contribution in [1.82, 2.24) is 4.57 Å². The summed E-state index contributed by atoms with van der Waals surface area (Å²) in [5.41, 5.74) is 2.28. The van der Waals surface area contributed by atoms with Crippen molar-refractivity contribution < 1.29 is 9.47 Å². The van der Waals surface area contributed by atoms with Crippen LogP contribution in [0.15, 0.2) is 36.7 Å². The zero-order valence-corrected chi connectivity index (χ0v) is 11.4. The van der Waals surface area contributed by atoms with Crippen molar-refractivity contribution in [3.63, 3.8) is 0 Å². The fourth-order valence-corrected chi connectivity index (χ4v) is 2.20. The SMILES string of the molecule is Cn1ccc(CNc2ccc3c(c2)OC(C)(C)O3)c1. The van der Waals surface area contributed by atoms with Gasteiger partial charge in [0.25, 0.3) is 0 Å². The highest BCUT2D eigenvalue weighted by molar-refractivity contribution is 5.56. The van der Waals surface area contributed by atoms with Crippen LogP contribution in [0.4, 0.5) is 5.69 Å². The van der Waals surface area contributed by atoms with Crippen LogP contribution in [-0.4, -0.2) is 10.4 Å². The predicted molar refractivity (Wildman–Crippen MR) is 74.5 cm³/mol. The number of benzene rings is 1. The first kappa shape index (κ1) is 12.0. The summed E-state index contributed by atoms with van der Waals surface area (Å²) in [5.74, 6) is 1.03. The Bertz CT molecular complexity index is 602. The quantitative estimate of drug-likeness (QED) is 0.918. The van der Waals surface area contributed by atoms with E-state index in [1.54, 1.807) is 0 Å². The molecule has 1 aliphatic heterocycles. The molecule has 0 unspecified atom stereocenters. The standard InChI is InChI=1S/C15H18N2O2/c1-15(2)18-13-5-4-12(8-14(13)19-15)16-9-11-6-7-17(3)10-11/h4-8,10,16H,9H2,1-3H3. The molecule has 0 radical (unpaired) electrons. The molecule has 0 saturated heterocycles. The van der Waals surface area contributed by atoms with Gasteiger partial charge in [0, 0.05) is 51.6 Å². The van der Waals surface area contributed by atoms with Crippen molar-refractivity contribution in [2.75, 3.05) is 5.32 Å². The molecule has 2 aromatic rings. The van der Waals surface area contributed by atoms with Crippen LogP contribution in [0.1, 0.15) is 19.4 Å². The third-order valence-electron chi connectivity index (χ3n) is 3.05. The lowest BCUT2D eigenvalue weighted by molar-refractivity contribution is -0.0431. The van der Waals surface area contributed by atoms with E-state index in [0.717, 1.165) is 23.7 Å². The van der Waals surface area contributed by atoms with Crippen molar-refractivity contribution in [3.8, 4) is 11.5 Å². The zero-order valence-electron chi connectivity index (χ0n) is 11.4. The predicted octanol–water partition coefficient (Wildman–Crippen LogP) is 3.14. The molecule has 3 rings (SSSR count). The monoisotopic (exact) mass is 258 g/mol. The van der Waals surface area contributed by atoms with Gasteiger partial charge >= 0.3 is 0 Å².